The molecule has 2 aromatic carbocycles. The van der Waals surface area contributed by atoms with Crippen molar-refractivity contribution in [3.8, 4) is 5.75 Å². The van der Waals surface area contributed by atoms with Gasteiger partial charge in [-0.05, 0) is 68.7 Å². The summed E-state index contributed by atoms with van der Waals surface area (Å²) in [5.74, 6) is -1.34. The quantitative estimate of drug-likeness (QED) is 0.254. The van der Waals surface area contributed by atoms with Gasteiger partial charge in [-0.25, -0.2) is 4.39 Å². The topological polar surface area (TPSA) is 66.8 Å². The van der Waals surface area contributed by atoms with E-state index in [1.165, 1.54) is 17.0 Å². The smallest absolute Gasteiger partial charge is 0.295 e. The highest BCUT2D eigenvalue weighted by molar-refractivity contribution is 6.46. The van der Waals surface area contributed by atoms with E-state index in [9.17, 15) is 19.1 Å². The van der Waals surface area contributed by atoms with Gasteiger partial charge >= 0.3 is 0 Å². The minimum Gasteiger partial charge on any atom is -0.507 e. The van der Waals surface area contributed by atoms with Gasteiger partial charge in [-0.15, -0.1) is 0 Å². The molecule has 0 bridgehead atoms. The largest absolute Gasteiger partial charge is 0.507 e. The lowest BCUT2D eigenvalue weighted by atomic mass is 9.94. The number of aliphatic hydroxyl groups excluding tert-OH is 1. The van der Waals surface area contributed by atoms with Crippen molar-refractivity contribution in [1.29, 1.82) is 0 Å². The van der Waals surface area contributed by atoms with E-state index >= 15 is 0 Å². The second-order valence-corrected chi connectivity index (χ2v) is 8.40. The Morgan fingerprint density at radius 2 is 1.81 bits per heavy atom. The Morgan fingerprint density at radius 1 is 1.12 bits per heavy atom. The number of unbranched alkanes of at least 4 members (excludes halogenated alkanes) is 2. The fourth-order valence-corrected chi connectivity index (χ4v) is 3.97. The fourth-order valence-electron chi connectivity index (χ4n) is 3.97. The van der Waals surface area contributed by atoms with Crippen LogP contribution in [0.2, 0.25) is 0 Å². The third kappa shape index (κ3) is 4.85. The molecule has 2 aromatic rings. The van der Waals surface area contributed by atoms with Crippen molar-refractivity contribution in [3.05, 3.63) is 70.5 Å². The minimum atomic E-state index is -0.764. The SMILES string of the molecule is CCCCCN1C(=O)C(=O)/C(=C(\O)c2ccc(OC(C)C)c(C)c2)C1c1ccc(F)cc1. The van der Waals surface area contributed by atoms with Crippen LogP contribution in [-0.4, -0.2) is 34.3 Å². The fraction of sp³-hybridized carbons (Fsp3) is 0.385. The maximum atomic E-state index is 13.5. The minimum absolute atomic E-state index is 0.0000633. The molecule has 32 heavy (non-hydrogen) atoms. The highest BCUT2D eigenvalue weighted by Gasteiger charge is 2.45. The molecule has 0 aliphatic carbocycles. The van der Waals surface area contributed by atoms with Gasteiger partial charge in [0.2, 0.25) is 0 Å². The van der Waals surface area contributed by atoms with Gasteiger partial charge in [-0.2, -0.15) is 0 Å². The molecule has 1 aliphatic rings. The van der Waals surface area contributed by atoms with Crippen LogP contribution in [0.3, 0.4) is 0 Å². The van der Waals surface area contributed by atoms with E-state index in [-0.39, 0.29) is 17.4 Å². The van der Waals surface area contributed by atoms with Crippen molar-refractivity contribution >= 4 is 17.4 Å². The van der Waals surface area contributed by atoms with Crippen molar-refractivity contribution in [3.63, 3.8) is 0 Å². The highest BCUT2D eigenvalue weighted by Crippen LogP contribution is 2.40. The molecule has 1 fully saturated rings. The summed E-state index contributed by atoms with van der Waals surface area (Å²) in [5, 5.41) is 11.1. The molecule has 0 radical (unpaired) electrons. The van der Waals surface area contributed by atoms with Crippen molar-refractivity contribution in [1.82, 2.24) is 4.90 Å². The van der Waals surface area contributed by atoms with Crippen LogP contribution in [0, 0.1) is 12.7 Å². The molecular formula is C26H30FNO4. The van der Waals surface area contributed by atoms with Crippen molar-refractivity contribution in [2.45, 2.75) is 59.1 Å². The van der Waals surface area contributed by atoms with Crippen LogP contribution in [0.1, 0.15) is 62.8 Å². The summed E-state index contributed by atoms with van der Waals surface area (Å²) in [5.41, 5.74) is 1.84. The van der Waals surface area contributed by atoms with Crippen LogP contribution in [0.4, 0.5) is 4.39 Å². The summed E-state index contributed by atoms with van der Waals surface area (Å²) >= 11 is 0. The number of benzene rings is 2. The lowest BCUT2D eigenvalue weighted by Gasteiger charge is -2.25. The molecule has 1 unspecified atom stereocenters. The Hall–Kier alpha value is -3.15. The maximum Gasteiger partial charge on any atom is 0.295 e. The molecule has 5 nitrogen and oxygen atoms in total. The van der Waals surface area contributed by atoms with E-state index in [1.54, 1.807) is 30.3 Å². The van der Waals surface area contributed by atoms with Gasteiger partial charge < -0.3 is 14.7 Å². The number of ether oxygens (including phenoxy) is 1. The van der Waals surface area contributed by atoms with Gasteiger partial charge in [0.15, 0.2) is 0 Å². The zero-order valence-corrected chi connectivity index (χ0v) is 19.0. The number of Topliss-reactive ketones (excluding diaryl/α,β-unsaturated/α-hetero) is 1. The highest BCUT2D eigenvalue weighted by atomic mass is 19.1. The first kappa shape index (κ1) is 23.5. The molecule has 170 valence electrons. The zero-order chi connectivity index (χ0) is 23.4. The molecule has 0 spiro atoms. The number of hydrogen-bond acceptors (Lipinski definition) is 4. The number of likely N-dealkylation sites (tertiary alicyclic amines) is 1. The van der Waals surface area contributed by atoms with Crippen LogP contribution >= 0.6 is 0 Å². The zero-order valence-electron chi connectivity index (χ0n) is 19.0. The van der Waals surface area contributed by atoms with Gasteiger partial charge in [0.1, 0.15) is 17.3 Å². The van der Waals surface area contributed by atoms with E-state index in [0.29, 0.717) is 23.4 Å². The van der Waals surface area contributed by atoms with Gasteiger partial charge in [0.25, 0.3) is 11.7 Å². The predicted molar refractivity (Wildman–Crippen MR) is 122 cm³/mol. The molecular weight excluding hydrogens is 409 g/mol. The number of carbonyl (C=O) groups is 2. The monoisotopic (exact) mass is 439 g/mol. The normalized spacial score (nSPS) is 17.9. The van der Waals surface area contributed by atoms with E-state index < -0.39 is 23.5 Å². The number of ketones is 1. The second-order valence-electron chi connectivity index (χ2n) is 8.40. The molecule has 1 N–H and O–H groups in total. The average Bonchev–Trinajstić information content (AvgIpc) is 3.00. The lowest BCUT2D eigenvalue weighted by molar-refractivity contribution is -0.139. The first-order valence-electron chi connectivity index (χ1n) is 11.1. The number of aryl methyl sites for hydroxylation is 1. The summed E-state index contributed by atoms with van der Waals surface area (Å²) < 4.78 is 19.3. The summed E-state index contributed by atoms with van der Waals surface area (Å²) in [6, 6.07) is 10.1. The van der Waals surface area contributed by atoms with E-state index in [4.69, 9.17) is 4.74 Å². The third-order valence-corrected chi connectivity index (χ3v) is 5.54. The van der Waals surface area contributed by atoms with Crippen LogP contribution in [0.15, 0.2) is 48.0 Å². The summed E-state index contributed by atoms with van der Waals surface area (Å²) in [6.07, 6.45) is 2.62. The van der Waals surface area contributed by atoms with Gasteiger partial charge in [-0.1, -0.05) is 31.9 Å². The number of rotatable bonds is 8. The Balaban J connectivity index is 2.08. The molecule has 0 aromatic heterocycles. The van der Waals surface area contributed by atoms with Gasteiger partial charge in [-0.3, -0.25) is 9.59 Å². The number of hydrogen-bond donors (Lipinski definition) is 1. The molecule has 1 atom stereocenters. The van der Waals surface area contributed by atoms with E-state index in [0.717, 1.165) is 24.8 Å². The summed E-state index contributed by atoms with van der Waals surface area (Å²) in [4.78, 5) is 27.4. The maximum absolute atomic E-state index is 13.5. The first-order chi connectivity index (χ1) is 15.2. The van der Waals surface area contributed by atoms with Crippen LogP contribution < -0.4 is 4.74 Å². The predicted octanol–water partition coefficient (Wildman–Crippen LogP) is 5.53. The van der Waals surface area contributed by atoms with Crippen molar-refractivity contribution < 1.29 is 23.8 Å². The Bertz CT molecular complexity index is 1030. The third-order valence-electron chi connectivity index (χ3n) is 5.54. The number of carbonyl (C=O) groups excluding carboxylic acids is 2. The van der Waals surface area contributed by atoms with Gasteiger partial charge in [0, 0.05) is 12.1 Å². The molecule has 3 rings (SSSR count). The summed E-state index contributed by atoms with van der Waals surface area (Å²) in [6.45, 7) is 8.15. The standard InChI is InChI=1S/C26H30FNO4/c1-5-6-7-14-28-23(18-8-11-20(27)12-9-18)22(25(30)26(28)31)24(29)19-10-13-21(17(4)15-19)32-16(2)3/h8-13,15-16,23,29H,5-7,14H2,1-4H3/b24-22-. The molecule has 1 heterocycles. The molecule has 1 saturated heterocycles. The van der Waals surface area contributed by atoms with Crippen LogP contribution in [-0.2, 0) is 9.59 Å². The number of nitrogens with zero attached hydrogens (tertiary/aromatic N) is 1. The van der Waals surface area contributed by atoms with E-state index in [1.807, 2.05) is 20.8 Å². The van der Waals surface area contributed by atoms with Crippen molar-refractivity contribution in [2.75, 3.05) is 6.54 Å². The lowest BCUT2D eigenvalue weighted by Crippen LogP contribution is -2.30. The average molecular weight is 440 g/mol. The van der Waals surface area contributed by atoms with Crippen molar-refractivity contribution in [2.24, 2.45) is 0 Å². The second kappa shape index (κ2) is 9.98. The molecule has 1 aliphatic heterocycles. The molecule has 0 saturated carbocycles. The number of aliphatic hydroxyl groups is 1. The van der Waals surface area contributed by atoms with Crippen LogP contribution in [0.25, 0.3) is 5.76 Å². The summed E-state index contributed by atoms with van der Waals surface area (Å²) in [7, 11) is 0. The number of amides is 1. The van der Waals surface area contributed by atoms with Gasteiger partial charge in [0.05, 0.1) is 17.7 Å². The van der Waals surface area contributed by atoms with Crippen LogP contribution in [0.5, 0.6) is 5.75 Å². The molecule has 1 amide bonds. The first-order valence-corrected chi connectivity index (χ1v) is 11.1. The Kier molecular flexibility index (Phi) is 7.33. The number of halogens is 1. The Morgan fingerprint density at radius 3 is 2.41 bits per heavy atom. The Labute approximate surface area is 188 Å². The van der Waals surface area contributed by atoms with E-state index in [2.05, 4.69) is 6.92 Å². The molecule has 6 heteroatoms.